The van der Waals surface area contributed by atoms with E-state index < -0.39 is 0 Å². The molecule has 0 aliphatic heterocycles. The minimum atomic E-state index is -0.149. The van der Waals surface area contributed by atoms with Gasteiger partial charge in [-0.15, -0.1) is 0 Å². The molecule has 0 spiro atoms. The molecule has 5 heteroatoms. The van der Waals surface area contributed by atoms with Crippen LogP contribution in [-0.2, 0) is 11.3 Å². The van der Waals surface area contributed by atoms with Crippen LogP contribution in [0.2, 0.25) is 0 Å². The fourth-order valence-corrected chi connectivity index (χ4v) is 2.62. The van der Waals surface area contributed by atoms with E-state index in [1.807, 2.05) is 49.4 Å². The second-order valence-electron chi connectivity index (χ2n) is 5.91. The predicted molar refractivity (Wildman–Crippen MR) is 102 cm³/mol. The maximum atomic E-state index is 12.5. The number of carbonyl (C=O) groups is 1. The summed E-state index contributed by atoms with van der Waals surface area (Å²) in [6, 6.07) is 15.1. The fourth-order valence-electron chi connectivity index (χ4n) is 2.62. The molecule has 0 aliphatic carbocycles. The number of carbonyl (C=O) groups excluding carboxylic acids is 1. The summed E-state index contributed by atoms with van der Waals surface area (Å²) in [5, 5.41) is 3.31. The van der Waals surface area contributed by atoms with Crippen molar-refractivity contribution in [2.45, 2.75) is 19.9 Å². The number of benzene rings is 2. The van der Waals surface area contributed by atoms with Crippen LogP contribution in [0.4, 0.5) is 0 Å². The first-order chi connectivity index (χ1) is 12.6. The van der Waals surface area contributed by atoms with Crippen LogP contribution in [0.25, 0.3) is 10.9 Å². The predicted octanol–water partition coefficient (Wildman–Crippen LogP) is 2.26. The van der Waals surface area contributed by atoms with Crippen molar-refractivity contribution in [2.75, 3.05) is 6.54 Å². The molecule has 1 aromatic heterocycles. The van der Waals surface area contributed by atoms with Crippen molar-refractivity contribution in [3.05, 3.63) is 76.3 Å². The van der Waals surface area contributed by atoms with Crippen LogP contribution in [-0.4, -0.2) is 22.0 Å². The van der Waals surface area contributed by atoms with E-state index in [2.05, 4.69) is 22.1 Å². The highest BCUT2D eigenvalue weighted by Gasteiger charge is 2.07. The molecule has 3 aromatic rings. The van der Waals surface area contributed by atoms with Crippen molar-refractivity contribution in [3.8, 4) is 11.8 Å². The van der Waals surface area contributed by atoms with Gasteiger partial charge >= 0.3 is 0 Å². The van der Waals surface area contributed by atoms with Gasteiger partial charge in [-0.1, -0.05) is 42.2 Å². The highest BCUT2D eigenvalue weighted by atomic mass is 16.1. The first-order valence-electron chi connectivity index (χ1n) is 8.40. The van der Waals surface area contributed by atoms with E-state index >= 15 is 0 Å². The Morgan fingerprint density at radius 1 is 1.15 bits per heavy atom. The van der Waals surface area contributed by atoms with Crippen LogP contribution in [0, 0.1) is 18.8 Å². The summed E-state index contributed by atoms with van der Waals surface area (Å²) in [6.07, 6.45) is 1.70. The molecule has 1 amide bonds. The topological polar surface area (TPSA) is 64.0 Å². The largest absolute Gasteiger partial charge is 0.345 e. The quantitative estimate of drug-likeness (QED) is 0.738. The molecule has 26 heavy (non-hydrogen) atoms. The molecule has 1 heterocycles. The SMILES string of the molecule is Cc1cccc2c(=O)n(CCC(=O)NCC#Cc3ccccc3)cnc12. The van der Waals surface area contributed by atoms with Crippen LogP contribution in [0.5, 0.6) is 0 Å². The third kappa shape index (κ3) is 4.17. The Morgan fingerprint density at radius 3 is 2.77 bits per heavy atom. The van der Waals surface area contributed by atoms with Crippen LogP contribution < -0.4 is 10.9 Å². The lowest BCUT2D eigenvalue weighted by Gasteiger charge is -2.07. The van der Waals surface area contributed by atoms with Gasteiger partial charge in [-0.05, 0) is 30.7 Å². The third-order valence-corrected chi connectivity index (χ3v) is 4.02. The Balaban J connectivity index is 1.57. The highest BCUT2D eigenvalue weighted by molar-refractivity contribution is 5.80. The van der Waals surface area contributed by atoms with Crippen LogP contribution in [0.3, 0.4) is 0 Å². The monoisotopic (exact) mass is 345 g/mol. The summed E-state index contributed by atoms with van der Waals surface area (Å²) in [5.74, 6) is 5.74. The molecule has 0 aliphatic rings. The zero-order chi connectivity index (χ0) is 18.4. The Kier molecular flexibility index (Phi) is 5.45. The Labute approximate surface area is 151 Å². The smallest absolute Gasteiger partial charge is 0.261 e. The standard InChI is InChI=1S/C21H19N3O2/c1-16-7-5-11-18-20(16)23-15-24(21(18)26)14-12-19(25)22-13-6-10-17-8-3-2-4-9-17/h2-5,7-9,11,15H,12-14H2,1H3,(H,22,25). The van der Waals surface area contributed by atoms with Crippen molar-refractivity contribution in [1.82, 2.24) is 14.9 Å². The Morgan fingerprint density at radius 2 is 1.96 bits per heavy atom. The van der Waals surface area contributed by atoms with Gasteiger partial charge < -0.3 is 5.32 Å². The van der Waals surface area contributed by atoms with Crippen LogP contribution in [0.1, 0.15) is 17.5 Å². The molecule has 130 valence electrons. The molecule has 0 atom stereocenters. The average Bonchev–Trinajstić information content (AvgIpc) is 2.66. The number of rotatable bonds is 4. The van der Waals surface area contributed by atoms with Gasteiger partial charge in [0.05, 0.1) is 23.8 Å². The summed E-state index contributed by atoms with van der Waals surface area (Å²) in [4.78, 5) is 28.8. The van der Waals surface area contributed by atoms with E-state index in [4.69, 9.17) is 0 Å². The van der Waals surface area contributed by atoms with Gasteiger partial charge in [0.2, 0.25) is 5.91 Å². The minimum Gasteiger partial charge on any atom is -0.345 e. The maximum absolute atomic E-state index is 12.5. The van der Waals surface area contributed by atoms with E-state index in [-0.39, 0.29) is 31.0 Å². The summed E-state index contributed by atoms with van der Waals surface area (Å²) in [5.41, 5.74) is 2.44. The van der Waals surface area contributed by atoms with E-state index in [0.717, 1.165) is 11.1 Å². The molecular formula is C21H19N3O2. The molecule has 0 fully saturated rings. The Bertz CT molecular complexity index is 1040. The van der Waals surface area contributed by atoms with Crippen molar-refractivity contribution in [1.29, 1.82) is 0 Å². The molecule has 0 radical (unpaired) electrons. The van der Waals surface area contributed by atoms with Gasteiger partial charge in [-0.3, -0.25) is 14.2 Å². The molecule has 0 saturated heterocycles. The van der Waals surface area contributed by atoms with E-state index in [1.54, 1.807) is 6.07 Å². The third-order valence-electron chi connectivity index (χ3n) is 4.02. The first-order valence-corrected chi connectivity index (χ1v) is 8.40. The number of nitrogens with one attached hydrogen (secondary N) is 1. The number of fused-ring (bicyclic) bond motifs is 1. The maximum Gasteiger partial charge on any atom is 0.261 e. The molecule has 0 saturated carbocycles. The lowest BCUT2D eigenvalue weighted by Crippen LogP contribution is -2.27. The van der Waals surface area contributed by atoms with Crippen molar-refractivity contribution >= 4 is 16.8 Å². The van der Waals surface area contributed by atoms with Crippen molar-refractivity contribution in [2.24, 2.45) is 0 Å². The summed E-state index contributed by atoms with van der Waals surface area (Å²) >= 11 is 0. The number of aromatic nitrogens is 2. The van der Waals surface area contributed by atoms with Crippen LogP contribution >= 0.6 is 0 Å². The van der Waals surface area contributed by atoms with Gasteiger partial charge in [-0.25, -0.2) is 4.98 Å². The van der Waals surface area contributed by atoms with Gasteiger partial charge in [-0.2, -0.15) is 0 Å². The number of hydrogen-bond donors (Lipinski definition) is 1. The second-order valence-corrected chi connectivity index (χ2v) is 5.91. The van der Waals surface area contributed by atoms with Crippen LogP contribution in [0.15, 0.2) is 59.7 Å². The summed E-state index contributed by atoms with van der Waals surface area (Å²) in [7, 11) is 0. The zero-order valence-corrected chi connectivity index (χ0v) is 14.5. The normalized spacial score (nSPS) is 10.2. The number of nitrogens with zero attached hydrogens (tertiary/aromatic N) is 2. The van der Waals surface area contributed by atoms with E-state index in [0.29, 0.717) is 10.9 Å². The molecule has 1 N–H and O–H groups in total. The molecule has 0 unspecified atom stereocenters. The van der Waals surface area contributed by atoms with E-state index in [9.17, 15) is 9.59 Å². The lowest BCUT2D eigenvalue weighted by atomic mass is 10.1. The number of hydrogen-bond acceptors (Lipinski definition) is 3. The van der Waals surface area contributed by atoms with E-state index in [1.165, 1.54) is 10.9 Å². The summed E-state index contributed by atoms with van der Waals surface area (Å²) in [6.45, 7) is 2.48. The van der Waals surface area contributed by atoms with Gasteiger partial charge in [0.15, 0.2) is 0 Å². The minimum absolute atomic E-state index is 0.129. The number of aryl methyl sites for hydroxylation is 2. The zero-order valence-electron chi connectivity index (χ0n) is 14.5. The van der Waals surface area contributed by atoms with Crippen molar-refractivity contribution < 1.29 is 4.79 Å². The second kappa shape index (κ2) is 8.13. The molecule has 0 bridgehead atoms. The fraction of sp³-hybridized carbons (Fsp3) is 0.190. The summed E-state index contributed by atoms with van der Waals surface area (Å²) < 4.78 is 1.47. The molecule has 5 nitrogen and oxygen atoms in total. The van der Waals surface area contributed by atoms with Crippen molar-refractivity contribution in [3.63, 3.8) is 0 Å². The van der Waals surface area contributed by atoms with Gasteiger partial charge in [0, 0.05) is 18.5 Å². The molecule has 2 aromatic carbocycles. The number of amides is 1. The van der Waals surface area contributed by atoms with Gasteiger partial charge in [0.25, 0.3) is 5.56 Å². The average molecular weight is 345 g/mol. The number of para-hydroxylation sites is 1. The van der Waals surface area contributed by atoms with Gasteiger partial charge in [0.1, 0.15) is 0 Å². The first kappa shape index (κ1) is 17.4. The Hall–Kier alpha value is -3.39. The lowest BCUT2D eigenvalue weighted by molar-refractivity contribution is -0.121. The molecular weight excluding hydrogens is 326 g/mol. The molecule has 3 rings (SSSR count). The highest BCUT2D eigenvalue weighted by Crippen LogP contribution is 2.11.